The van der Waals surface area contributed by atoms with Crippen molar-refractivity contribution in [3.63, 3.8) is 0 Å². The molecule has 1 amide bonds. The summed E-state index contributed by atoms with van der Waals surface area (Å²) >= 11 is 17.8. The van der Waals surface area contributed by atoms with Gasteiger partial charge in [-0.25, -0.2) is 10.2 Å². The highest BCUT2D eigenvalue weighted by molar-refractivity contribution is 6.42. The summed E-state index contributed by atoms with van der Waals surface area (Å²) in [4.78, 5) is 25.1. The van der Waals surface area contributed by atoms with Crippen LogP contribution in [0.1, 0.15) is 26.3 Å². The first-order valence-electron chi connectivity index (χ1n) is 9.70. The molecule has 0 spiro atoms. The Morgan fingerprint density at radius 1 is 0.818 bits per heavy atom. The smallest absolute Gasteiger partial charge is 0.343 e. The second kappa shape index (κ2) is 10.0. The van der Waals surface area contributed by atoms with E-state index in [4.69, 9.17) is 39.5 Å². The van der Waals surface area contributed by atoms with Gasteiger partial charge in [0.05, 0.1) is 21.8 Å². The number of hydrazone groups is 1. The van der Waals surface area contributed by atoms with Crippen LogP contribution in [-0.4, -0.2) is 18.1 Å². The van der Waals surface area contributed by atoms with Crippen LogP contribution < -0.4 is 10.2 Å². The van der Waals surface area contributed by atoms with Crippen LogP contribution in [0.2, 0.25) is 15.1 Å². The number of hydrogen-bond acceptors (Lipinski definition) is 4. The fraction of sp³-hybridized carbons (Fsp3) is 0. The molecule has 8 heteroatoms. The Morgan fingerprint density at radius 3 is 2.30 bits per heavy atom. The number of carbonyl (C=O) groups excluding carboxylic acids is 2. The maximum Gasteiger partial charge on any atom is 0.343 e. The molecule has 33 heavy (non-hydrogen) atoms. The SMILES string of the molecule is O=C(N/N=C/c1c(OC(=O)c2ccc(Cl)cc2)ccc2ccccc12)c1ccc(Cl)c(Cl)c1. The lowest BCUT2D eigenvalue weighted by molar-refractivity contribution is 0.0734. The molecule has 164 valence electrons. The van der Waals surface area contributed by atoms with E-state index < -0.39 is 11.9 Å². The van der Waals surface area contributed by atoms with Gasteiger partial charge >= 0.3 is 5.97 Å². The fourth-order valence-electron chi connectivity index (χ4n) is 3.10. The number of halogens is 3. The third kappa shape index (κ3) is 5.34. The van der Waals surface area contributed by atoms with Crippen molar-refractivity contribution in [2.75, 3.05) is 0 Å². The maximum atomic E-state index is 12.6. The molecule has 0 bridgehead atoms. The van der Waals surface area contributed by atoms with E-state index >= 15 is 0 Å². The third-order valence-electron chi connectivity index (χ3n) is 4.75. The van der Waals surface area contributed by atoms with Crippen molar-refractivity contribution in [3.05, 3.63) is 111 Å². The third-order valence-corrected chi connectivity index (χ3v) is 5.75. The Labute approximate surface area is 204 Å². The minimum absolute atomic E-state index is 0.263. The summed E-state index contributed by atoms with van der Waals surface area (Å²) < 4.78 is 5.63. The van der Waals surface area contributed by atoms with E-state index in [1.165, 1.54) is 24.4 Å². The standard InChI is InChI=1S/C25H15Cl3N2O3/c26-18-9-5-16(6-10-18)25(32)33-23-12-8-15-3-1-2-4-19(15)20(23)14-29-30-24(31)17-7-11-21(27)22(28)13-17/h1-14H,(H,30,31)/b29-14+. The van der Waals surface area contributed by atoms with Gasteiger partial charge in [0.2, 0.25) is 0 Å². The Balaban J connectivity index is 1.62. The number of benzene rings is 4. The highest BCUT2D eigenvalue weighted by Crippen LogP contribution is 2.28. The molecule has 0 unspecified atom stereocenters. The molecular weight excluding hydrogens is 483 g/mol. The zero-order valence-corrected chi connectivity index (χ0v) is 19.2. The lowest BCUT2D eigenvalue weighted by atomic mass is 10.0. The minimum Gasteiger partial charge on any atom is -0.422 e. The molecule has 0 aliphatic heterocycles. The van der Waals surface area contributed by atoms with Crippen molar-refractivity contribution in [1.82, 2.24) is 5.43 Å². The molecule has 0 saturated heterocycles. The van der Waals surface area contributed by atoms with Gasteiger partial charge < -0.3 is 4.74 Å². The predicted molar refractivity (Wildman–Crippen MR) is 132 cm³/mol. The summed E-state index contributed by atoms with van der Waals surface area (Å²) in [6, 6.07) is 22.0. The number of fused-ring (bicyclic) bond motifs is 1. The average molecular weight is 498 g/mol. The first-order chi connectivity index (χ1) is 15.9. The van der Waals surface area contributed by atoms with Gasteiger partial charge in [0, 0.05) is 16.1 Å². The molecule has 1 N–H and O–H groups in total. The molecule has 0 fully saturated rings. The first-order valence-corrected chi connectivity index (χ1v) is 10.8. The molecule has 0 aromatic heterocycles. The number of nitrogens with one attached hydrogen (secondary N) is 1. The van der Waals surface area contributed by atoms with Crippen LogP contribution in [0.15, 0.2) is 84.0 Å². The van der Waals surface area contributed by atoms with E-state index in [2.05, 4.69) is 10.5 Å². The number of rotatable bonds is 5. The minimum atomic E-state index is -0.545. The lowest BCUT2D eigenvalue weighted by Crippen LogP contribution is -2.17. The van der Waals surface area contributed by atoms with Crippen LogP contribution in [0.4, 0.5) is 0 Å². The Kier molecular flexibility index (Phi) is 6.94. The number of amides is 1. The zero-order chi connectivity index (χ0) is 23.4. The van der Waals surface area contributed by atoms with Gasteiger partial charge in [-0.2, -0.15) is 5.10 Å². The van der Waals surface area contributed by atoms with Crippen molar-refractivity contribution in [2.45, 2.75) is 0 Å². The van der Waals surface area contributed by atoms with Gasteiger partial charge in [-0.05, 0) is 59.3 Å². The second-order valence-corrected chi connectivity index (χ2v) is 8.17. The molecule has 0 radical (unpaired) electrons. The fourth-order valence-corrected chi connectivity index (χ4v) is 3.52. The summed E-state index contributed by atoms with van der Waals surface area (Å²) in [7, 11) is 0. The van der Waals surface area contributed by atoms with E-state index in [0.717, 1.165) is 10.8 Å². The highest BCUT2D eigenvalue weighted by Gasteiger charge is 2.14. The van der Waals surface area contributed by atoms with Gasteiger partial charge in [-0.1, -0.05) is 65.1 Å². The van der Waals surface area contributed by atoms with Gasteiger partial charge in [0.25, 0.3) is 5.91 Å². The van der Waals surface area contributed by atoms with Crippen LogP contribution in [0, 0.1) is 0 Å². The van der Waals surface area contributed by atoms with Crippen molar-refractivity contribution in [3.8, 4) is 5.75 Å². The Morgan fingerprint density at radius 2 is 1.55 bits per heavy atom. The molecule has 0 atom stereocenters. The number of esters is 1. The van der Waals surface area contributed by atoms with Crippen molar-refractivity contribution < 1.29 is 14.3 Å². The molecule has 0 saturated carbocycles. The topological polar surface area (TPSA) is 67.8 Å². The van der Waals surface area contributed by atoms with Crippen LogP contribution in [0.3, 0.4) is 0 Å². The Bertz CT molecular complexity index is 1390. The normalized spacial score (nSPS) is 11.0. The second-order valence-electron chi connectivity index (χ2n) is 6.92. The summed E-state index contributed by atoms with van der Waals surface area (Å²) in [6.07, 6.45) is 1.43. The van der Waals surface area contributed by atoms with E-state index in [1.807, 2.05) is 30.3 Å². The summed E-state index contributed by atoms with van der Waals surface area (Å²) in [5, 5.41) is 6.90. The summed E-state index contributed by atoms with van der Waals surface area (Å²) in [5.74, 6) is -0.720. The number of ether oxygens (including phenoxy) is 1. The van der Waals surface area contributed by atoms with E-state index in [1.54, 1.807) is 30.3 Å². The van der Waals surface area contributed by atoms with Gasteiger partial charge in [0.1, 0.15) is 5.75 Å². The number of nitrogens with zero attached hydrogens (tertiary/aromatic N) is 1. The Hall–Kier alpha value is -3.38. The van der Waals surface area contributed by atoms with E-state index in [9.17, 15) is 9.59 Å². The molecule has 5 nitrogen and oxygen atoms in total. The highest BCUT2D eigenvalue weighted by atomic mass is 35.5. The molecule has 0 aliphatic carbocycles. The van der Waals surface area contributed by atoms with Gasteiger partial charge in [0.15, 0.2) is 0 Å². The monoisotopic (exact) mass is 496 g/mol. The van der Waals surface area contributed by atoms with E-state index in [0.29, 0.717) is 32.5 Å². The lowest BCUT2D eigenvalue weighted by Gasteiger charge is -2.10. The quantitative estimate of drug-likeness (QED) is 0.143. The van der Waals surface area contributed by atoms with Crippen LogP contribution in [-0.2, 0) is 0 Å². The van der Waals surface area contributed by atoms with Crippen molar-refractivity contribution in [1.29, 1.82) is 0 Å². The molecule has 4 rings (SSSR count). The zero-order valence-electron chi connectivity index (χ0n) is 16.9. The van der Waals surface area contributed by atoms with Crippen molar-refractivity contribution in [2.24, 2.45) is 5.10 Å². The molecule has 4 aromatic rings. The molecule has 0 heterocycles. The van der Waals surface area contributed by atoms with Crippen LogP contribution >= 0.6 is 34.8 Å². The summed E-state index contributed by atoms with van der Waals surface area (Å²) in [6.45, 7) is 0. The van der Waals surface area contributed by atoms with Gasteiger partial charge in [-0.3, -0.25) is 4.79 Å². The number of hydrogen-bond donors (Lipinski definition) is 1. The number of carbonyl (C=O) groups is 2. The molecule has 4 aromatic carbocycles. The van der Waals surface area contributed by atoms with Crippen LogP contribution in [0.5, 0.6) is 5.75 Å². The average Bonchev–Trinajstić information content (AvgIpc) is 2.82. The van der Waals surface area contributed by atoms with E-state index in [-0.39, 0.29) is 5.02 Å². The molecule has 0 aliphatic rings. The summed E-state index contributed by atoms with van der Waals surface area (Å²) in [5.41, 5.74) is 3.63. The van der Waals surface area contributed by atoms with Crippen molar-refractivity contribution >= 4 is 63.7 Å². The maximum absolute atomic E-state index is 12.6. The molecular formula is C25H15Cl3N2O3. The predicted octanol–water partition coefficient (Wildman–Crippen LogP) is 6.78. The van der Waals surface area contributed by atoms with Gasteiger partial charge in [-0.15, -0.1) is 0 Å². The van der Waals surface area contributed by atoms with Crippen LogP contribution in [0.25, 0.3) is 10.8 Å². The largest absolute Gasteiger partial charge is 0.422 e. The first kappa shape index (κ1) is 22.8.